The molecule has 0 unspecified atom stereocenters. The largest absolute Gasteiger partial charge is 0.384 e. The number of amides is 3. The van der Waals surface area contributed by atoms with Crippen LogP contribution in [0.15, 0.2) is 24.3 Å². The molecule has 8 nitrogen and oxygen atoms in total. The first-order valence-electron chi connectivity index (χ1n) is 22.8. The van der Waals surface area contributed by atoms with Gasteiger partial charge < -0.3 is 20.7 Å². The van der Waals surface area contributed by atoms with Crippen molar-refractivity contribution in [2.24, 2.45) is 0 Å². The molecule has 316 valence electrons. The Morgan fingerprint density at radius 1 is 0.426 bits per heavy atom. The van der Waals surface area contributed by atoms with Crippen molar-refractivity contribution >= 4 is 17.7 Å². The number of nitrogens with one attached hydrogen (secondary N) is 3. The summed E-state index contributed by atoms with van der Waals surface area (Å²) in [5.74, 6) is 0.181. The van der Waals surface area contributed by atoms with E-state index in [2.05, 4.69) is 59.0 Å². The van der Waals surface area contributed by atoms with Gasteiger partial charge in [-0.1, -0.05) is 141 Å². The zero-order valence-electron chi connectivity index (χ0n) is 35.8. The quantitative estimate of drug-likeness (QED) is 0.0425. The summed E-state index contributed by atoms with van der Waals surface area (Å²) in [5, 5.41) is 9.10. The Bertz CT molecular complexity index is 836. The Balaban J connectivity index is 4.07. The molecular formula is C46H88N4O4. The summed E-state index contributed by atoms with van der Waals surface area (Å²) < 4.78 is 5.00. The van der Waals surface area contributed by atoms with Gasteiger partial charge in [-0.05, 0) is 64.2 Å². The summed E-state index contributed by atoms with van der Waals surface area (Å²) in [6, 6.07) is 0. The average molecular weight is 761 g/mol. The number of hydrogen-bond donors (Lipinski definition) is 3. The molecule has 0 aliphatic rings. The minimum absolute atomic E-state index is 0.0293. The Morgan fingerprint density at radius 3 is 1.06 bits per heavy atom. The molecule has 0 atom stereocenters. The van der Waals surface area contributed by atoms with Crippen molar-refractivity contribution in [3.05, 3.63) is 24.3 Å². The molecular weight excluding hydrogens is 673 g/mol. The number of unbranched alkanes of at least 4 members (excludes halogenated alkanes) is 22. The molecule has 0 spiro atoms. The Morgan fingerprint density at radius 2 is 0.722 bits per heavy atom. The van der Waals surface area contributed by atoms with Crippen LogP contribution in [0.2, 0.25) is 0 Å². The van der Waals surface area contributed by atoms with E-state index in [4.69, 9.17) is 4.74 Å². The fraction of sp³-hybridized carbons (Fsp3) is 0.848. The van der Waals surface area contributed by atoms with Crippen molar-refractivity contribution in [3.8, 4) is 0 Å². The van der Waals surface area contributed by atoms with Crippen LogP contribution in [-0.2, 0) is 19.1 Å². The van der Waals surface area contributed by atoms with Crippen molar-refractivity contribution in [3.63, 3.8) is 0 Å². The fourth-order valence-electron chi connectivity index (χ4n) is 6.57. The SMILES string of the molecule is CCCCCCCC/C=C\CCCCCCCC(=O)NCCN(CCNC(=O)CCCCCCC/C=C\CCCCCCCC)CCNC(=O)CCOC. The highest BCUT2D eigenvalue weighted by Crippen LogP contribution is 2.11. The Hall–Kier alpha value is -2.19. The number of methoxy groups -OCH3 is 1. The van der Waals surface area contributed by atoms with Crippen LogP contribution in [0.1, 0.15) is 200 Å². The van der Waals surface area contributed by atoms with E-state index in [1.165, 1.54) is 141 Å². The Kier molecular flexibility index (Phi) is 41.8. The van der Waals surface area contributed by atoms with Crippen LogP contribution in [0.5, 0.6) is 0 Å². The summed E-state index contributed by atoms with van der Waals surface area (Å²) in [5.41, 5.74) is 0. The van der Waals surface area contributed by atoms with Crippen molar-refractivity contribution in [1.29, 1.82) is 0 Å². The van der Waals surface area contributed by atoms with Crippen LogP contribution >= 0.6 is 0 Å². The summed E-state index contributed by atoms with van der Waals surface area (Å²) in [6.07, 6.45) is 43.4. The maximum Gasteiger partial charge on any atom is 0.222 e. The van der Waals surface area contributed by atoms with Gasteiger partial charge in [-0.25, -0.2) is 0 Å². The molecule has 3 amide bonds. The predicted molar refractivity (Wildman–Crippen MR) is 231 cm³/mol. The first-order chi connectivity index (χ1) is 26.5. The van der Waals surface area contributed by atoms with Gasteiger partial charge in [0.15, 0.2) is 0 Å². The second-order valence-corrected chi connectivity index (χ2v) is 15.3. The standard InChI is InChI=1S/C46H88N4O4/c1-4-6-8-10-12-14-16-18-20-22-24-26-28-30-32-34-44(51)47-37-40-50(42-39-49-46(53)36-43-54-3)41-38-48-45(52)35-33-31-29-27-25-23-21-19-17-15-13-11-9-7-5-2/h18-21H,4-17,22-43H2,1-3H3,(H,47,51)(H,48,52)(H,49,53)/b20-18-,21-19-. The monoisotopic (exact) mass is 761 g/mol. The highest BCUT2D eigenvalue weighted by molar-refractivity contribution is 5.76. The molecule has 0 saturated heterocycles. The van der Waals surface area contributed by atoms with E-state index in [-0.39, 0.29) is 17.7 Å². The van der Waals surface area contributed by atoms with E-state index >= 15 is 0 Å². The summed E-state index contributed by atoms with van der Waals surface area (Å²) in [4.78, 5) is 39.2. The van der Waals surface area contributed by atoms with Crippen LogP contribution in [0.4, 0.5) is 0 Å². The highest BCUT2D eigenvalue weighted by atomic mass is 16.5. The lowest BCUT2D eigenvalue weighted by Gasteiger charge is -2.23. The maximum atomic E-state index is 12.5. The minimum atomic E-state index is -0.0293. The minimum Gasteiger partial charge on any atom is -0.384 e. The van der Waals surface area contributed by atoms with E-state index in [0.29, 0.717) is 65.1 Å². The number of carbonyl (C=O) groups is 3. The van der Waals surface area contributed by atoms with Crippen molar-refractivity contribution in [1.82, 2.24) is 20.9 Å². The van der Waals surface area contributed by atoms with Gasteiger partial charge in [-0.3, -0.25) is 19.3 Å². The van der Waals surface area contributed by atoms with Crippen LogP contribution in [0.25, 0.3) is 0 Å². The van der Waals surface area contributed by atoms with Gasteiger partial charge in [0.2, 0.25) is 17.7 Å². The number of rotatable bonds is 42. The molecule has 0 fully saturated rings. The smallest absolute Gasteiger partial charge is 0.222 e. The van der Waals surface area contributed by atoms with Gasteiger partial charge in [0.05, 0.1) is 6.61 Å². The third-order valence-electron chi connectivity index (χ3n) is 10.1. The molecule has 0 aromatic rings. The molecule has 0 rings (SSSR count). The van der Waals surface area contributed by atoms with Crippen LogP contribution in [-0.4, -0.2) is 75.6 Å². The average Bonchev–Trinajstić information content (AvgIpc) is 3.16. The van der Waals surface area contributed by atoms with Crippen molar-refractivity contribution < 1.29 is 19.1 Å². The molecule has 0 aromatic heterocycles. The first-order valence-corrected chi connectivity index (χ1v) is 22.8. The van der Waals surface area contributed by atoms with Gasteiger partial charge >= 0.3 is 0 Å². The van der Waals surface area contributed by atoms with Gasteiger partial charge in [-0.2, -0.15) is 0 Å². The van der Waals surface area contributed by atoms with E-state index in [1.807, 2.05) is 0 Å². The molecule has 0 aliphatic heterocycles. The number of allylic oxidation sites excluding steroid dienone is 4. The lowest BCUT2D eigenvalue weighted by molar-refractivity contribution is -0.122. The zero-order chi connectivity index (χ0) is 39.4. The molecule has 0 aliphatic carbocycles. The van der Waals surface area contributed by atoms with Gasteiger partial charge in [0.1, 0.15) is 0 Å². The number of hydrogen-bond acceptors (Lipinski definition) is 5. The molecule has 0 radical (unpaired) electrons. The van der Waals surface area contributed by atoms with Crippen LogP contribution in [0.3, 0.4) is 0 Å². The number of ether oxygens (including phenoxy) is 1. The Labute approximate surface area is 334 Å². The van der Waals surface area contributed by atoms with E-state index in [9.17, 15) is 14.4 Å². The summed E-state index contributed by atoms with van der Waals surface area (Å²) >= 11 is 0. The molecule has 0 heterocycles. The van der Waals surface area contributed by atoms with Crippen molar-refractivity contribution in [2.45, 2.75) is 200 Å². The van der Waals surface area contributed by atoms with Gasteiger partial charge in [-0.15, -0.1) is 0 Å². The van der Waals surface area contributed by atoms with Gasteiger partial charge in [0, 0.05) is 65.6 Å². The second-order valence-electron chi connectivity index (χ2n) is 15.3. The van der Waals surface area contributed by atoms with E-state index < -0.39 is 0 Å². The molecule has 54 heavy (non-hydrogen) atoms. The normalized spacial score (nSPS) is 11.6. The molecule has 0 aromatic carbocycles. The summed E-state index contributed by atoms with van der Waals surface area (Å²) in [7, 11) is 1.59. The number of nitrogens with zero attached hydrogens (tertiary/aromatic N) is 1. The summed E-state index contributed by atoms with van der Waals surface area (Å²) in [6.45, 7) is 8.59. The number of carbonyl (C=O) groups excluding carboxylic acids is 3. The predicted octanol–water partition coefficient (Wildman–Crippen LogP) is 10.7. The van der Waals surface area contributed by atoms with Crippen LogP contribution in [0, 0.1) is 0 Å². The van der Waals surface area contributed by atoms with Crippen LogP contribution < -0.4 is 16.0 Å². The molecule has 3 N–H and O–H groups in total. The lowest BCUT2D eigenvalue weighted by atomic mass is 10.1. The van der Waals surface area contributed by atoms with E-state index in [0.717, 1.165) is 25.7 Å². The zero-order valence-corrected chi connectivity index (χ0v) is 35.8. The maximum absolute atomic E-state index is 12.5. The second kappa shape index (κ2) is 43.5. The molecule has 0 saturated carbocycles. The van der Waals surface area contributed by atoms with Gasteiger partial charge in [0.25, 0.3) is 0 Å². The molecule has 8 heteroatoms. The third kappa shape index (κ3) is 41.0. The lowest BCUT2D eigenvalue weighted by Crippen LogP contribution is -2.43. The topological polar surface area (TPSA) is 99.8 Å². The fourth-order valence-corrected chi connectivity index (χ4v) is 6.57. The molecule has 0 bridgehead atoms. The first kappa shape index (κ1) is 51.8. The van der Waals surface area contributed by atoms with Crippen molar-refractivity contribution in [2.75, 3.05) is 53.0 Å². The third-order valence-corrected chi connectivity index (χ3v) is 10.1. The highest BCUT2D eigenvalue weighted by Gasteiger charge is 2.09. The van der Waals surface area contributed by atoms with E-state index in [1.54, 1.807) is 7.11 Å².